The Morgan fingerprint density at radius 3 is 2.65 bits per heavy atom. The number of thiazole rings is 1. The molecule has 3 N–H and O–H groups in total. The van der Waals surface area contributed by atoms with E-state index >= 15 is 0 Å². The number of halogens is 1. The number of hydrogen-bond acceptors (Lipinski definition) is 9. The molecular weight excluding hydrogens is 536 g/mol. The molecule has 0 aromatic carbocycles. The average molecular weight is 565 g/mol. The van der Waals surface area contributed by atoms with Crippen molar-refractivity contribution in [1.82, 2.24) is 35.6 Å². The highest BCUT2D eigenvalue weighted by Crippen LogP contribution is 2.28. The summed E-state index contributed by atoms with van der Waals surface area (Å²) in [7, 11) is 5.48. The van der Waals surface area contributed by atoms with Crippen molar-refractivity contribution < 1.29 is 14.4 Å². The maximum Gasteiger partial charge on any atom is 0.284 e. The SMILES string of the molecule is CN1CCc2nc(C(=O)N[C@@H]3CC(C(=O)N(C)C)CC[C@@H]3NC(=S)C(=O)Nc3ccc(Cl)nn3)sc2C1. The second kappa shape index (κ2) is 11.8. The Labute approximate surface area is 229 Å². The van der Waals surface area contributed by atoms with Gasteiger partial charge in [0.1, 0.15) is 0 Å². The molecule has 198 valence electrons. The van der Waals surface area contributed by atoms with Crippen LogP contribution in [0, 0.1) is 5.92 Å². The van der Waals surface area contributed by atoms with Gasteiger partial charge in [0, 0.05) is 50.4 Å². The van der Waals surface area contributed by atoms with E-state index < -0.39 is 11.9 Å². The van der Waals surface area contributed by atoms with Crippen LogP contribution in [0.3, 0.4) is 0 Å². The summed E-state index contributed by atoms with van der Waals surface area (Å²) in [5, 5.41) is 16.8. The third-order valence-corrected chi connectivity index (χ3v) is 8.06. The van der Waals surface area contributed by atoms with Gasteiger partial charge in [-0.2, -0.15) is 0 Å². The van der Waals surface area contributed by atoms with Crippen molar-refractivity contribution in [1.29, 1.82) is 0 Å². The summed E-state index contributed by atoms with van der Waals surface area (Å²) in [6, 6.07) is 2.25. The monoisotopic (exact) mass is 564 g/mol. The largest absolute Gasteiger partial charge is 0.367 e. The molecule has 2 aromatic rings. The number of thiocarbonyl (C=S) groups is 1. The van der Waals surface area contributed by atoms with Crippen LogP contribution in [-0.4, -0.2) is 87.5 Å². The minimum atomic E-state index is -0.556. The molecule has 3 atom stereocenters. The zero-order valence-electron chi connectivity index (χ0n) is 20.8. The van der Waals surface area contributed by atoms with Crippen molar-refractivity contribution in [2.75, 3.05) is 33.0 Å². The molecule has 2 aliphatic rings. The van der Waals surface area contributed by atoms with Gasteiger partial charge in [-0.25, -0.2) is 4.98 Å². The second-order valence-corrected chi connectivity index (χ2v) is 11.4. The molecule has 1 unspecified atom stereocenters. The third-order valence-electron chi connectivity index (χ3n) is 6.47. The fraction of sp³-hybridized carbons (Fsp3) is 0.522. The summed E-state index contributed by atoms with van der Waals surface area (Å²) >= 11 is 12.5. The van der Waals surface area contributed by atoms with Gasteiger partial charge < -0.3 is 25.8 Å². The van der Waals surface area contributed by atoms with E-state index in [0.717, 1.165) is 30.1 Å². The zero-order valence-corrected chi connectivity index (χ0v) is 23.2. The highest BCUT2D eigenvalue weighted by molar-refractivity contribution is 7.82. The van der Waals surface area contributed by atoms with E-state index in [4.69, 9.17) is 23.8 Å². The Morgan fingerprint density at radius 1 is 1.16 bits per heavy atom. The van der Waals surface area contributed by atoms with Crippen molar-refractivity contribution in [3.05, 3.63) is 32.9 Å². The van der Waals surface area contributed by atoms with Crippen molar-refractivity contribution in [3.63, 3.8) is 0 Å². The van der Waals surface area contributed by atoms with Gasteiger partial charge in [-0.1, -0.05) is 23.8 Å². The summed E-state index contributed by atoms with van der Waals surface area (Å²) in [4.78, 5) is 47.9. The number of hydrogen-bond donors (Lipinski definition) is 3. The van der Waals surface area contributed by atoms with E-state index in [1.807, 2.05) is 7.05 Å². The van der Waals surface area contributed by atoms with Crippen LogP contribution in [0.2, 0.25) is 5.15 Å². The molecule has 37 heavy (non-hydrogen) atoms. The first-order chi connectivity index (χ1) is 17.6. The quantitative estimate of drug-likeness (QED) is 0.462. The molecule has 3 heterocycles. The first-order valence-corrected chi connectivity index (χ1v) is 13.5. The van der Waals surface area contributed by atoms with Crippen molar-refractivity contribution in [3.8, 4) is 0 Å². The Bertz CT molecular complexity index is 1190. The lowest BCUT2D eigenvalue weighted by atomic mass is 9.81. The Hall–Kier alpha value is -2.74. The van der Waals surface area contributed by atoms with Crippen LogP contribution >= 0.6 is 35.2 Å². The fourth-order valence-electron chi connectivity index (χ4n) is 4.53. The molecular formula is C23H29ClN8O3S2. The molecule has 11 nitrogen and oxygen atoms in total. The summed E-state index contributed by atoms with van der Waals surface area (Å²) in [5.41, 5.74) is 0.968. The van der Waals surface area contributed by atoms with Gasteiger partial charge in [0.2, 0.25) is 5.91 Å². The topological polar surface area (TPSA) is 132 Å². The number of fused-ring (bicyclic) bond motifs is 1. The maximum absolute atomic E-state index is 13.2. The normalized spacial score (nSPS) is 21.5. The van der Waals surface area contributed by atoms with Gasteiger partial charge in [0.25, 0.3) is 11.8 Å². The van der Waals surface area contributed by atoms with Gasteiger partial charge in [-0.3, -0.25) is 14.4 Å². The molecule has 0 bridgehead atoms. The standard InChI is InChI=1S/C23H29ClN8O3S2/c1-31(2)23(35)12-4-5-13(26-21(36)19(33)28-18-7-6-17(24)29-30-18)15(10-12)25-20(34)22-27-14-8-9-32(3)11-16(14)37-22/h6-7,12-13,15H,4-5,8-11H2,1-3H3,(H,25,34)(H,26,36)(H,28,30,33)/t12?,13-,15+/m0/s1. The summed E-state index contributed by atoms with van der Waals surface area (Å²) in [5.74, 6) is -0.874. The smallest absolute Gasteiger partial charge is 0.284 e. The van der Waals surface area contributed by atoms with Crippen LogP contribution in [-0.2, 0) is 22.6 Å². The van der Waals surface area contributed by atoms with Gasteiger partial charge >= 0.3 is 0 Å². The van der Waals surface area contributed by atoms with Crippen LogP contribution in [0.4, 0.5) is 5.82 Å². The van der Waals surface area contributed by atoms with Crippen molar-refractivity contribution in [2.24, 2.45) is 5.92 Å². The van der Waals surface area contributed by atoms with E-state index in [2.05, 4.69) is 36.0 Å². The van der Waals surface area contributed by atoms with Crippen LogP contribution in [0.15, 0.2) is 12.1 Å². The second-order valence-electron chi connectivity index (χ2n) is 9.47. The summed E-state index contributed by atoms with van der Waals surface area (Å²) in [6.45, 7) is 1.68. The predicted molar refractivity (Wildman–Crippen MR) is 145 cm³/mol. The first kappa shape index (κ1) is 27.3. The minimum absolute atomic E-state index is 0.00656. The molecule has 0 radical (unpaired) electrons. The number of anilines is 1. The average Bonchev–Trinajstić information content (AvgIpc) is 3.29. The molecule has 1 fully saturated rings. The maximum atomic E-state index is 13.2. The first-order valence-electron chi connectivity index (χ1n) is 11.9. The lowest BCUT2D eigenvalue weighted by molar-refractivity contribution is -0.134. The summed E-state index contributed by atoms with van der Waals surface area (Å²) < 4.78 is 0. The van der Waals surface area contributed by atoms with Gasteiger partial charge in [0.05, 0.1) is 11.7 Å². The van der Waals surface area contributed by atoms with Crippen LogP contribution < -0.4 is 16.0 Å². The summed E-state index contributed by atoms with van der Waals surface area (Å²) in [6.07, 6.45) is 2.37. The molecule has 2 aromatic heterocycles. The molecule has 4 rings (SSSR count). The van der Waals surface area contributed by atoms with Gasteiger partial charge in [-0.15, -0.1) is 21.5 Å². The Balaban J connectivity index is 1.45. The highest BCUT2D eigenvalue weighted by Gasteiger charge is 2.37. The zero-order chi connectivity index (χ0) is 26.7. The minimum Gasteiger partial charge on any atom is -0.367 e. The Morgan fingerprint density at radius 2 is 1.95 bits per heavy atom. The number of amides is 3. The van der Waals surface area contributed by atoms with Crippen molar-refractivity contribution in [2.45, 2.75) is 44.3 Å². The molecule has 0 spiro atoms. The highest BCUT2D eigenvalue weighted by atomic mass is 35.5. The van der Waals surface area contributed by atoms with E-state index in [9.17, 15) is 14.4 Å². The lowest BCUT2D eigenvalue weighted by Crippen LogP contribution is -2.57. The molecule has 1 saturated carbocycles. The number of aromatic nitrogens is 3. The van der Waals surface area contributed by atoms with E-state index in [-0.39, 0.29) is 39.7 Å². The Kier molecular flexibility index (Phi) is 8.67. The fourth-order valence-corrected chi connectivity index (χ4v) is 5.93. The molecule has 1 aliphatic heterocycles. The molecule has 0 saturated heterocycles. The molecule has 3 amide bonds. The van der Waals surface area contributed by atoms with Crippen molar-refractivity contribution >= 4 is 63.7 Å². The van der Waals surface area contributed by atoms with Gasteiger partial charge in [0.15, 0.2) is 21.0 Å². The molecule has 14 heteroatoms. The number of likely N-dealkylation sites (N-methyl/N-ethyl adjacent to an activating group) is 1. The third kappa shape index (κ3) is 6.78. The number of nitrogens with one attached hydrogen (secondary N) is 3. The van der Waals surface area contributed by atoms with E-state index in [1.165, 1.54) is 23.5 Å². The molecule has 1 aliphatic carbocycles. The van der Waals surface area contributed by atoms with Crippen LogP contribution in [0.5, 0.6) is 0 Å². The number of nitrogens with zero attached hydrogens (tertiary/aromatic N) is 5. The number of rotatable bonds is 5. The number of carbonyl (C=O) groups is 3. The van der Waals surface area contributed by atoms with E-state index in [0.29, 0.717) is 24.3 Å². The van der Waals surface area contributed by atoms with Crippen LogP contribution in [0.1, 0.15) is 39.6 Å². The van der Waals surface area contributed by atoms with Gasteiger partial charge in [-0.05, 0) is 38.4 Å². The van der Waals surface area contributed by atoms with Crippen LogP contribution in [0.25, 0.3) is 0 Å². The lowest BCUT2D eigenvalue weighted by Gasteiger charge is -2.37. The number of carbonyl (C=O) groups excluding carboxylic acids is 3. The predicted octanol–water partition coefficient (Wildman–Crippen LogP) is 1.49. The van der Waals surface area contributed by atoms with E-state index in [1.54, 1.807) is 19.0 Å².